The van der Waals surface area contributed by atoms with Crippen molar-refractivity contribution in [3.8, 4) is 0 Å². The molecule has 1 aliphatic heterocycles. The molecule has 1 heterocycles. The van der Waals surface area contributed by atoms with Crippen LogP contribution >= 0.6 is 0 Å². The largest absolute Gasteiger partial charge is 0.395 e. The number of hydrogen-bond acceptors (Lipinski definition) is 4. The fourth-order valence-corrected chi connectivity index (χ4v) is 2.74. The van der Waals surface area contributed by atoms with Crippen LogP contribution in [0.15, 0.2) is 24.3 Å². The molecule has 0 saturated carbocycles. The zero-order valence-corrected chi connectivity index (χ0v) is 13.9. The lowest BCUT2D eigenvalue weighted by Crippen LogP contribution is -2.62. The van der Waals surface area contributed by atoms with E-state index in [1.165, 1.54) is 5.56 Å². The number of hydrogen-bond donors (Lipinski definition) is 3. The Morgan fingerprint density at radius 1 is 1.22 bits per heavy atom. The maximum atomic E-state index is 12.2. The molecule has 0 unspecified atom stereocenters. The van der Waals surface area contributed by atoms with Gasteiger partial charge in [0, 0.05) is 37.9 Å². The Bertz CT molecular complexity index is 492. The zero-order chi connectivity index (χ0) is 16.8. The van der Waals surface area contributed by atoms with Crippen LogP contribution in [-0.4, -0.2) is 71.5 Å². The van der Waals surface area contributed by atoms with E-state index in [4.69, 9.17) is 10.2 Å². The fourth-order valence-electron chi connectivity index (χ4n) is 2.74. The van der Waals surface area contributed by atoms with Crippen molar-refractivity contribution in [3.05, 3.63) is 29.8 Å². The Morgan fingerprint density at radius 3 is 2.26 bits per heavy atom. The van der Waals surface area contributed by atoms with Crippen LogP contribution in [0, 0.1) is 0 Å². The molecular weight excluding hydrogens is 294 g/mol. The smallest absolute Gasteiger partial charge is 0.321 e. The van der Waals surface area contributed by atoms with E-state index in [2.05, 4.69) is 19.2 Å². The molecule has 1 aromatic rings. The molecule has 1 aromatic carbocycles. The van der Waals surface area contributed by atoms with Gasteiger partial charge in [0.25, 0.3) is 0 Å². The second kappa shape index (κ2) is 8.29. The molecule has 6 heteroatoms. The van der Waals surface area contributed by atoms with E-state index >= 15 is 0 Å². The quantitative estimate of drug-likeness (QED) is 0.708. The maximum absolute atomic E-state index is 12.2. The molecule has 0 radical (unpaired) electrons. The highest BCUT2D eigenvalue weighted by Crippen LogP contribution is 2.19. The first kappa shape index (κ1) is 17.7. The number of carbonyl (C=O) groups is 1. The second-order valence-corrected chi connectivity index (χ2v) is 6.25. The van der Waals surface area contributed by atoms with E-state index in [-0.39, 0.29) is 25.3 Å². The molecule has 0 bridgehead atoms. The first-order valence-corrected chi connectivity index (χ1v) is 8.16. The molecule has 3 N–H and O–H groups in total. The first-order chi connectivity index (χ1) is 11.0. The molecule has 1 fully saturated rings. The molecule has 1 saturated heterocycles. The van der Waals surface area contributed by atoms with Gasteiger partial charge in [0.05, 0.1) is 13.2 Å². The number of amides is 2. The van der Waals surface area contributed by atoms with Gasteiger partial charge in [-0.2, -0.15) is 0 Å². The van der Waals surface area contributed by atoms with Crippen LogP contribution in [0.2, 0.25) is 0 Å². The summed E-state index contributed by atoms with van der Waals surface area (Å²) in [5.74, 6) is 0.472. The molecule has 0 atom stereocenters. The Balaban J connectivity index is 1.81. The minimum Gasteiger partial charge on any atom is -0.395 e. The van der Waals surface area contributed by atoms with Gasteiger partial charge in [-0.1, -0.05) is 26.0 Å². The molecule has 6 nitrogen and oxygen atoms in total. The van der Waals surface area contributed by atoms with Gasteiger partial charge in [-0.3, -0.25) is 4.90 Å². The van der Waals surface area contributed by atoms with Crippen molar-refractivity contribution in [3.63, 3.8) is 0 Å². The van der Waals surface area contributed by atoms with Gasteiger partial charge in [0.15, 0.2) is 0 Å². The average molecular weight is 321 g/mol. The molecule has 23 heavy (non-hydrogen) atoms. The number of likely N-dealkylation sites (tertiary alicyclic amines) is 1. The van der Waals surface area contributed by atoms with E-state index < -0.39 is 0 Å². The maximum Gasteiger partial charge on any atom is 0.321 e. The summed E-state index contributed by atoms with van der Waals surface area (Å²) in [5.41, 5.74) is 2.04. The number of nitrogens with zero attached hydrogens (tertiary/aromatic N) is 2. The number of aliphatic hydroxyl groups is 2. The van der Waals surface area contributed by atoms with E-state index in [1.807, 2.05) is 29.2 Å². The molecule has 2 amide bonds. The van der Waals surface area contributed by atoms with Crippen molar-refractivity contribution in [2.45, 2.75) is 25.8 Å². The zero-order valence-electron chi connectivity index (χ0n) is 13.9. The third-order valence-electron chi connectivity index (χ3n) is 4.27. The second-order valence-electron chi connectivity index (χ2n) is 6.25. The number of carbonyl (C=O) groups excluding carboxylic acids is 1. The van der Waals surface area contributed by atoms with E-state index in [1.54, 1.807) is 4.90 Å². The lowest BCUT2D eigenvalue weighted by molar-refractivity contribution is 0.0393. The fraction of sp³-hybridized carbons (Fsp3) is 0.588. The number of urea groups is 1. The standard InChI is InChI=1S/C17H27N3O3/c1-13(2)14-3-5-15(6-4-14)18-17(23)20-11-16(12-20)19(7-9-21)8-10-22/h3-6,13,16,21-22H,7-12H2,1-2H3,(H,18,23). The third-order valence-corrected chi connectivity index (χ3v) is 4.27. The summed E-state index contributed by atoms with van der Waals surface area (Å²) in [5, 5.41) is 21.0. The summed E-state index contributed by atoms with van der Waals surface area (Å²) in [6.45, 7) is 6.69. The number of aliphatic hydroxyl groups excluding tert-OH is 2. The van der Waals surface area contributed by atoms with Gasteiger partial charge in [-0.25, -0.2) is 4.79 Å². The van der Waals surface area contributed by atoms with Crippen molar-refractivity contribution in [1.29, 1.82) is 0 Å². The summed E-state index contributed by atoms with van der Waals surface area (Å²) in [4.78, 5) is 15.9. The third kappa shape index (κ3) is 4.67. The lowest BCUT2D eigenvalue weighted by Gasteiger charge is -2.45. The van der Waals surface area contributed by atoms with Crippen LogP contribution in [0.4, 0.5) is 10.5 Å². The van der Waals surface area contributed by atoms with Gasteiger partial charge in [0.2, 0.25) is 0 Å². The molecule has 128 valence electrons. The summed E-state index contributed by atoms with van der Waals surface area (Å²) in [6.07, 6.45) is 0. The van der Waals surface area contributed by atoms with Crippen LogP contribution in [0.25, 0.3) is 0 Å². The predicted octanol–water partition coefficient (Wildman–Crippen LogP) is 1.31. The molecular formula is C17H27N3O3. The Kier molecular flexibility index (Phi) is 6.38. The summed E-state index contributed by atoms with van der Waals surface area (Å²) in [7, 11) is 0. The predicted molar refractivity (Wildman–Crippen MR) is 90.7 cm³/mol. The van der Waals surface area contributed by atoms with Crippen molar-refractivity contribution < 1.29 is 15.0 Å². The van der Waals surface area contributed by atoms with Crippen LogP contribution < -0.4 is 5.32 Å². The van der Waals surface area contributed by atoms with Crippen molar-refractivity contribution in [1.82, 2.24) is 9.80 Å². The summed E-state index contributed by atoms with van der Waals surface area (Å²) < 4.78 is 0. The topological polar surface area (TPSA) is 76.0 Å². The highest BCUT2D eigenvalue weighted by molar-refractivity contribution is 5.89. The van der Waals surface area contributed by atoms with Gasteiger partial charge in [0.1, 0.15) is 0 Å². The van der Waals surface area contributed by atoms with Crippen molar-refractivity contribution in [2.75, 3.05) is 44.7 Å². The van der Waals surface area contributed by atoms with E-state index in [9.17, 15) is 4.79 Å². The first-order valence-electron chi connectivity index (χ1n) is 8.16. The van der Waals surface area contributed by atoms with Gasteiger partial charge in [-0.15, -0.1) is 0 Å². The van der Waals surface area contributed by atoms with Gasteiger partial charge < -0.3 is 20.4 Å². The van der Waals surface area contributed by atoms with E-state index in [0.717, 1.165) is 5.69 Å². The molecule has 0 spiro atoms. The van der Waals surface area contributed by atoms with Crippen molar-refractivity contribution >= 4 is 11.7 Å². The molecule has 0 aromatic heterocycles. The Labute approximate surface area is 137 Å². The van der Waals surface area contributed by atoms with Crippen LogP contribution in [0.1, 0.15) is 25.3 Å². The van der Waals surface area contributed by atoms with Crippen LogP contribution in [-0.2, 0) is 0 Å². The van der Waals surface area contributed by atoms with Gasteiger partial charge in [-0.05, 0) is 23.6 Å². The Hall–Kier alpha value is -1.63. The minimum absolute atomic E-state index is 0.0604. The normalized spacial score (nSPS) is 15.1. The highest BCUT2D eigenvalue weighted by Gasteiger charge is 2.34. The van der Waals surface area contributed by atoms with Crippen molar-refractivity contribution in [2.24, 2.45) is 0 Å². The lowest BCUT2D eigenvalue weighted by atomic mass is 10.0. The number of rotatable bonds is 7. The molecule has 0 aliphatic carbocycles. The SMILES string of the molecule is CC(C)c1ccc(NC(=O)N2CC(N(CCO)CCO)C2)cc1. The minimum atomic E-state index is -0.105. The number of anilines is 1. The van der Waals surface area contributed by atoms with E-state index in [0.29, 0.717) is 32.1 Å². The number of benzene rings is 1. The monoisotopic (exact) mass is 321 g/mol. The Morgan fingerprint density at radius 2 is 1.78 bits per heavy atom. The average Bonchev–Trinajstić information content (AvgIpc) is 2.46. The van der Waals surface area contributed by atoms with Crippen LogP contribution in [0.5, 0.6) is 0 Å². The molecule has 1 aliphatic rings. The van der Waals surface area contributed by atoms with Gasteiger partial charge >= 0.3 is 6.03 Å². The highest BCUT2D eigenvalue weighted by atomic mass is 16.3. The summed E-state index contributed by atoms with van der Waals surface area (Å²) in [6, 6.07) is 8.02. The number of nitrogens with one attached hydrogen (secondary N) is 1. The molecule has 2 rings (SSSR count). The summed E-state index contributed by atoms with van der Waals surface area (Å²) >= 11 is 0. The van der Waals surface area contributed by atoms with Crippen LogP contribution in [0.3, 0.4) is 0 Å².